The number of aromatic nitrogens is 1. The number of Topliss-reactive ketones (excluding diaryl/α,β-unsaturated/α-hetero) is 1. The molecule has 1 saturated heterocycles. The Bertz CT molecular complexity index is 805. The van der Waals surface area contributed by atoms with Crippen molar-refractivity contribution in [2.75, 3.05) is 31.1 Å². The van der Waals surface area contributed by atoms with Gasteiger partial charge in [-0.15, -0.1) is 0 Å². The topological polar surface area (TPSA) is 56.4 Å². The zero-order chi connectivity index (χ0) is 19.4. The maximum atomic E-state index is 13.9. The van der Waals surface area contributed by atoms with Gasteiger partial charge >= 0.3 is 0 Å². The van der Waals surface area contributed by atoms with Crippen LogP contribution in [0.1, 0.15) is 47.5 Å². The maximum Gasteiger partial charge on any atom is 0.270 e. The number of carbonyl (C=O) groups is 2. The lowest BCUT2D eigenvalue weighted by Crippen LogP contribution is -2.49. The lowest BCUT2D eigenvalue weighted by atomic mass is 9.94. The van der Waals surface area contributed by atoms with Gasteiger partial charge < -0.3 is 14.8 Å². The Morgan fingerprint density at radius 2 is 1.78 bits per heavy atom. The van der Waals surface area contributed by atoms with Crippen molar-refractivity contribution in [3.8, 4) is 0 Å². The molecule has 1 aliphatic rings. The zero-order valence-corrected chi connectivity index (χ0v) is 15.9. The van der Waals surface area contributed by atoms with Crippen LogP contribution in [0.25, 0.3) is 0 Å². The average Bonchev–Trinajstić information content (AvgIpc) is 3.19. The van der Waals surface area contributed by atoms with Gasteiger partial charge in [-0.25, -0.2) is 4.39 Å². The summed E-state index contributed by atoms with van der Waals surface area (Å²) < 4.78 is 13.9. The van der Waals surface area contributed by atoms with Gasteiger partial charge in [-0.1, -0.05) is 26.0 Å². The molecule has 5 nitrogen and oxygen atoms in total. The number of hydrogen-bond acceptors (Lipinski definition) is 3. The molecule has 0 bridgehead atoms. The highest BCUT2D eigenvalue weighted by molar-refractivity contribution is 6.01. The Balaban J connectivity index is 1.63. The van der Waals surface area contributed by atoms with Gasteiger partial charge in [0.05, 0.1) is 5.69 Å². The summed E-state index contributed by atoms with van der Waals surface area (Å²) in [5.41, 5.74) is 1.57. The highest BCUT2D eigenvalue weighted by Crippen LogP contribution is 2.21. The van der Waals surface area contributed by atoms with Crippen LogP contribution in [-0.2, 0) is 0 Å². The standard InChI is InChI=1S/C21H26FN3O2/c1-3-15(4-2)20(26)16-13-18(23-14-16)21(27)25-11-9-24(10-12-25)19-8-6-5-7-17(19)22/h5-8,13-15,23H,3-4,9-12H2,1-2H3. The van der Waals surface area contributed by atoms with E-state index < -0.39 is 0 Å². The van der Waals surface area contributed by atoms with Crippen molar-refractivity contribution in [2.24, 2.45) is 5.92 Å². The number of amides is 1. The third-order valence-corrected chi connectivity index (χ3v) is 5.31. The number of benzene rings is 1. The van der Waals surface area contributed by atoms with Crippen LogP contribution in [0.4, 0.5) is 10.1 Å². The minimum Gasteiger partial charge on any atom is -0.366 e. The Labute approximate surface area is 159 Å². The molecule has 0 aliphatic carbocycles. The van der Waals surface area contributed by atoms with E-state index in [1.54, 1.807) is 29.3 Å². The maximum absolute atomic E-state index is 13.9. The van der Waals surface area contributed by atoms with Crippen molar-refractivity contribution in [1.29, 1.82) is 0 Å². The number of rotatable bonds is 6. The second-order valence-corrected chi connectivity index (χ2v) is 6.91. The molecule has 27 heavy (non-hydrogen) atoms. The molecule has 0 saturated carbocycles. The zero-order valence-electron chi connectivity index (χ0n) is 15.9. The number of ketones is 1. The molecular weight excluding hydrogens is 345 g/mol. The Kier molecular flexibility index (Phi) is 5.94. The van der Waals surface area contributed by atoms with Crippen LogP contribution in [0.5, 0.6) is 0 Å². The molecule has 1 aromatic carbocycles. The molecule has 1 aliphatic heterocycles. The molecule has 0 radical (unpaired) electrons. The van der Waals surface area contributed by atoms with E-state index in [9.17, 15) is 14.0 Å². The number of carbonyl (C=O) groups excluding carboxylic acids is 2. The van der Waals surface area contributed by atoms with Crippen LogP contribution >= 0.6 is 0 Å². The van der Waals surface area contributed by atoms with Crippen LogP contribution in [0.3, 0.4) is 0 Å². The lowest BCUT2D eigenvalue weighted by Gasteiger charge is -2.36. The van der Waals surface area contributed by atoms with Crippen LogP contribution in [-0.4, -0.2) is 47.8 Å². The fourth-order valence-corrected chi connectivity index (χ4v) is 3.58. The summed E-state index contributed by atoms with van der Waals surface area (Å²) in [6.07, 6.45) is 3.22. The normalized spacial score (nSPS) is 14.7. The van der Waals surface area contributed by atoms with Gasteiger partial charge in [0, 0.05) is 43.9 Å². The van der Waals surface area contributed by atoms with E-state index >= 15 is 0 Å². The van der Waals surface area contributed by atoms with Crippen molar-refractivity contribution in [1.82, 2.24) is 9.88 Å². The molecule has 6 heteroatoms. The summed E-state index contributed by atoms with van der Waals surface area (Å²) in [6, 6.07) is 8.35. The van der Waals surface area contributed by atoms with Crippen LogP contribution < -0.4 is 4.90 Å². The third-order valence-electron chi connectivity index (χ3n) is 5.31. The third kappa shape index (κ3) is 4.04. The lowest BCUT2D eigenvalue weighted by molar-refractivity contribution is 0.0741. The first kappa shape index (κ1) is 19.1. The van der Waals surface area contributed by atoms with E-state index in [0.29, 0.717) is 43.1 Å². The monoisotopic (exact) mass is 371 g/mol. The minimum atomic E-state index is -0.244. The van der Waals surface area contributed by atoms with Crippen molar-refractivity contribution in [3.63, 3.8) is 0 Å². The highest BCUT2D eigenvalue weighted by atomic mass is 19.1. The predicted octanol–water partition coefficient (Wildman–Crippen LogP) is 3.74. The van der Waals surface area contributed by atoms with Gasteiger partial charge in [0.2, 0.25) is 0 Å². The largest absolute Gasteiger partial charge is 0.366 e. The van der Waals surface area contributed by atoms with Crippen LogP contribution in [0.15, 0.2) is 36.5 Å². The van der Waals surface area contributed by atoms with E-state index in [-0.39, 0.29) is 23.4 Å². The molecular formula is C21H26FN3O2. The smallest absolute Gasteiger partial charge is 0.270 e. The molecule has 144 valence electrons. The number of anilines is 1. The van der Waals surface area contributed by atoms with Crippen LogP contribution in [0.2, 0.25) is 0 Å². The first-order valence-electron chi connectivity index (χ1n) is 9.56. The number of hydrogen-bond donors (Lipinski definition) is 1. The van der Waals surface area contributed by atoms with Crippen LogP contribution in [0, 0.1) is 11.7 Å². The molecule has 1 amide bonds. The number of nitrogens with one attached hydrogen (secondary N) is 1. The summed E-state index contributed by atoms with van der Waals surface area (Å²) >= 11 is 0. The first-order chi connectivity index (χ1) is 13.0. The molecule has 0 unspecified atom stereocenters. The average molecular weight is 371 g/mol. The van der Waals surface area contributed by atoms with Gasteiger partial charge in [-0.3, -0.25) is 9.59 Å². The van der Waals surface area contributed by atoms with Crippen molar-refractivity contribution >= 4 is 17.4 Å². The number of halogens is 1. The molecule has 3 rings (SSSR count). The fourth-order valence-electron chi connectivity index (χ4n) is 3.58. The number of nitrogens with zero attached hydrogens (tertiary/aromatic N) is 2. The Morgan fingerprint density at radius 3 is 2.41 bits per heavy atom. The first-order valence-corrected chi connectivity index (χ1v) is 9.56. The van der Waals surface area contributed by atoms with Crippen molar-refractivity contribution < 1.29 is 14.0 Å². The summed E-state index contributed by atoms with van der Waals surface area (Å²) in [4.78, 5) is 31.9. The van der Waals surface area contributed by atoms with E-state index in [0.717, 1.165) is 12.8 Å². The SMILES string of the molecule is CCC(CC)C(=O)c1c[nH]c(C(=O)N2CCN(c3ccccc3F)CC2)c1. The van der Waals surface area contributed by atoms with Crippen molar-refractivity contribution in [2.45, 2.75) is 26.7 Å². The second kappa shape index (κ2) is 8.37. The Morgan fingerprint density at radius 1 is 1.11 bits per heavy atom. The van der Waals surface area contributed by atoms with Gasteiger partial charge in [0.1, 0.15) is 11.5 Å². The fraction of sp³-hybridized carbons (Fsp3) is 0.429. The quantitative estimate of drug-likeness (QED) is 0.787. The van der Waals surface area contributed by atoms with E-state index in [1.807, 2.05) is 24.8 Å². The number of aromatic amines is 1. The summed E-state index contributed by atoms with van der Waals surface area (Å²) in [5, 5.41) is 0. The van der Waals surface area contributed by atoms with Crippen molar-refractivity contribution in [3.05, 3.63) is 53.6 Å². The van der Waals surface area contributed by atoms with Gasteiger partial charge in [-0.05, 0) is 31.0 Å². The molecule has 1 N–H and O–H groups in total. The van der Waals surface area contributed by atoms with Gasteiger partial charge in [0.25, 0.3) is 5.91 Å². The number of piperazine rings is 1. The highest BCUT2D eigenvalue weighted by Gasteiger charge is 2.25. The number of H-pyrrole nitrogens is 1. The Hall–Kier alpha value is -2.63. The summed E-state index contributed by atoms with van der Waals surface area (Å²) in [6.45, 7) is 6.18. The second-order valence-electron chi connectivity index (χ2n) is 6.91. The van der Waals surface area contributed by atoms with E-state index in [2.05, 4.69) is 4.98 Å². The minimum absolute atomic E-state index is 0.00642. The van der Waals surface area contributed by atoms with E-state index in [4.69, 9.17) is 0 Å². The molecule has 1 aromatic heterocycles. The molecule has 2 heterocycles. The summed E-state index contributed by atoms with van der Waals surface area (Å²) in [7, 11) is 0. The summed E-state index contributed by atoms with van der Waals surface area (Å²) in [5.74, 6) is -0.286. The van der Waals surface area contributed by atoms with Gasteiger partial charge in [0.15, 0.2) is 5.78 Å². The predicted molar refractivity (Wildman–Crippen MR) is 104 cm³/mol. The molecule has 0 spiro atoms. The molecule has 0 atom stereocenters. The van der Waals surface area contributed by atoms with E-state index in [1.165, 1.54) is 6.07 Å². The molecule has 1 fully saturated rings. The molecule has 2 aromatic rings. The van der Waals surface area contributed by atoms with Gasteiger partial charge in [-0.2, -0.15) is 0 Å². The number of para-hydroxylation sites is 1.